The molecule has 0 spiro atoms. The Morgan fingerprint density at radius 3 is 2.41 bits per heavy atom. The third-order valence-corrected chi connectivity index (χ3v) is 9.60. The number of amides is 1. The topological polar surface area (TPSA) is 92.7 Å². The van der Waals surface area contributed by atoms with Gasteiger partial charge in [-0.05, 0) is 67.8 Å². The molecule has 1 aliphatic rings. The van der Waals surface area contributed by atoms with Gasteiger partial charge in [0.1, 0.15) is 0 Å². The Morgan fingerprint density at radius 1 is 1.05 bits per heavy atom. The molecule has 0 aliphatic carbocycles. The van der Waals surface area contributed by atoms with Crippen molar-refractivity contribution >= 4 is 42.6 Å². The lowest BCUT2D eigenvalue weighted by atomic mass is 10.0. The fourth-order valence-electron chi connectivity index (χ4n) is 4.82. The van der Waals surface area contributed by atoms with E-state index in [0.717, 1.165) is 21.5 Å². The highest BCUT2D eigenvalue weighted by molar-refractivity contribution is 7.89. The molecule has 5 rings (SSSR count). The molecule has 8 nitrogen and oxygen atoms in total. The molecule has 2 unspecified atom stereocenters. The first-order valence-corrected chi connectivity index (χ1v) is 15.3. The van der Waals surface area contributed by atoms with Gasteiger partial charge in [0.15, 0.2) is 5.13 Å². The third-order valence-electron chi connectivity index (χ3n) is 6.71. The lowest BCUT2D eigenvalue weighted by molar-refractivity contribution is -0.0440. The lowest BCUT2D eigenvalue weighted by Gasteiger charge is -2.34. The van der Waals surface area contributed by atoms with Crippen LogP contribution in [0.25, 0.3) is 10.2 Å². The molecule has 0 bridgehead atoms. The highest BCUT2D eigenvalue weighted by Crippen LogP contribution is 2.35. The number of benzene rings is 2. The van der Waals surface area contributed by atoms with Crippen molar-refractivity contribution in [2.75, 3.05) is 18.0 Å². The van der Waals surface area contributed by atoms with E-state index in [-0.39, 0.29) is 35.5 Å². The molecule has 2 aromatic carbocycles. The van der Waals surface area contributed by atoms with Crippen molar-refractivity contribution in [3.05, 3.63) is 83.7 Å². The van der Waals surface area contributed by atoms with E-state index in [2.05, 4.69) is 24.9 Å². The fourth-order valence-corrected chi connectivity index (χ4v) is 7.41. The van der Waals surface area contributed by atoms with Crippen molar-refractivity contribution in [1.82, 2.24) is 14.3 Å². The number of thiazole rings is 1. The van der Waals surface area contributed by atoms with Gasteiger partial charge >= 0.3 is 0 Å². The number of carbonyl (C=O) groups is 1. The molecule has 2 aromatic heterocycles. The van der Waals surface area contributed by atoms with Gasteiger partial charge in [0.2, 0.25) is 10.0 Å². The molecule has 4 aromatic rings. The van der Waals surface area contributed by atoms with Crippen LogP contribution in [-0.2, 0) is 21.3 Å². The highest BCUT2D eigenvalue weighted by Gasteiger charge is 2.32. The minimum atomic E-state index is -3.71. The number of anilines is 1. The Bertz CT molecular complexity index is 1560. The van der Waals surface area contributed by atoms with Gasteiger partial charge in [-0.25, -0.2) is 13.4 Å². The maximum Gasteiger partial charge on any atom is 0.260 e. The number of hydrogen-bond acceptors (Lipinski definition) is 7. The standard InChI is InChI=1S/C29H32N4O4S2/c1-19(2)25-9-7-10-26-27(25)31-29(38-26)33(18-23-8-5-6-15-30-23)28(34)22-11-13-24(14-12-22)39(35,36)32-16-20(3)37-21(4)17-32/h5-15,19-21H,16-18H2,1-4H3. The summed E-state index contributed by atoms with van der Waals surface area (Å²) in [6, 6.07) is 17.8. The summed E-state index contributed by atoms with van der Waals surface area (Å²) in [5.74, 6) is 0.0129. The third kappa shape index (κ3) is 5.74. The Kier molecular flexibility index (Phi) is 7.82. The van der Waals surface area contributed by atoms with Crippen LogP contribution in [-0.4, -0.2) is 53.9 Å². The Morgan fingerprint density at radius 2 is 1.77 bits per heavy atom. The van der Waals surface area contributed by atoms with Crippen molar-refractivity contribution in [2.24, 2.45) is 0 Å². The average Bonchev–Trinajstić information content (AvgIpc) is 3.35. The molecule has 2 atom stereocenters. The van der Waals surface area contributed by atoms with Gasteiger partial charge in [0, 0.05) is 24.8 Å². The second-order valence-corrected chi connectivity index (χ2v) is 13.1. The molecule has 1 aliphatic heterocycles. The number of aromatic nitrogens is 2. The number of pyridine rings is 1. The molecule has 3 heterocycles. The van der Waals surface area contributed by atoms with Crippen LogP contribution >= 0.6 is 11.3 Å². The van der Waals surface area contributed by atoms with Crippen LogP contribution in [0.4, 0.5) is 5.13 Å². The molecule has 0 N–H and O–H groups in total. The van der Waals surface area contributed by atoms with Crippen LogP contribution < -0.4 is 4.90 Å². The van der Waals surface area contributed by atoms with Crippen molar-refractivity contribution in [3.8, 4) is 0 Å². The number of para-hydroxylation sites is 1. The van der Waals surface area contributed by atoms with Gasteiger partial charge in [-0.3, -0.25) is 14.7 Å². The van der Waals surface area contributed by atoms with E-state index in [0.29, 0.717) is 23.8 Å². The number of carbonyl (C=O) groups excluding carboxylic acids is 1. The molecule has 0 radical (unpaired) electrons. The average molecular weight is 565 g/mol. The fraction of sp³-hybridized carbons (Fsp3) is 0.345. The zero-order valence-electron chi connectivity index (χ0n) is 22.4. The van der Waals surface area contributed by atoms with Crippen LogP contribution in [0.5, 0.6) is 0 Å². The zero-order chi connectivity index (χ0) is 27.7. The zero-order valence-corrected chi connectivity index (χ0v) is 24.1. The first-order chi connectivity index (χ1) is 18.6. The number of morpholine rings is 1. The summed E-state index contributed by atoms with van der Waals surface area (Å²) in [7, 11) is -3.71. The minimum Gasteiger partial charge on any atom is -0.373 e. The second-order valence-electron chi connectivity index (χ2n) is 10.2. The number of nitrogens with zero attached hydrogens (tertiary/aromatic N) is 4. The number of rotatable bonds is 7. The normalized spacial score (nSPS) is 18.5. The number of fused-ring (bicyclic) bond motifs is 1. The van der Waals surface area contributed by atoms with Crippen molar-refractivity contribution in [2.45, 2.75) is 57.3 Å². The summed E-state index contributed by atoms with van der Waals surface area (Å²) < 4.78 is 34.7. The number of ether oxygens (including phenoxy) is 1. The Labute approximate surface area is 233 Å². The molecular weight excluding hydrogens is 532 g/mol. The number of sulfonamides is 1. The van der Waals surface area contributed by atoms with E-state index < -0.39 is 10.0 Å². The molecule has 1 saturated heterocycles. The quantitative estimate of drug-likeness (QED) is 0.296. The van der Waals surface area contributed by atoms with Gasteiger partial charge in [-0.1, -0.05) is 43.4 Å². The van der Waals surface area contributed by atoms with Crippen molar-refractivity contribution in [1.29, 1.82) is 0 Å². The first kappa shape index (κ1) is 27.4. The van der Waals surface area contributed by atoms with Gasteiger partial charge in [0.25, 0.3) is 5.91 Å². The number of hydrogen-bond donors (Lipinski definition) is 0. The van der Waals surface area contributed by atoms with Gasteiger partial charge in [-0.2, -0.15) is 4.31 Å². The van der Waals surface area contributed by atoms with Crippen LogP contribution in [0, 0.1) is 0 Å². The summed E-state index contributed by atoms with van der Waals surface area (Å²) in [5, 5.41) is 0.571. The van der Waals surface area contributed by atoms with Crippen LogP contribution in [0.15, 0.2) is 71.8 Å². The Balaban J connectivity index is 1.48. The summed E-state index contributed by atoms with van der Waals surface area (Å²) in [6.45, 7) is 8.80. The SMILES string of the molecule is CC1CN(S(=O)(=O)c2ccc(C(=O)N(Cc3ccccn3)c3nc4c(C(C)C)cccc4s3)cc2)CC(C)O1. The summed E-state index contributed by atoms with van der Waals surface area (Å²) in [4.78, 5) is 25.0. The van der Waals surface area contributed by atoms with Gasteiger partial charge < -0.3 is 4.74 Å². The van der Waals surface area contributed by atoms with E-state index in [9.17, 15) is 13.2 Å². The van der Waals surface area contributed by atoms with Gasteiger partial charge in [-0.15, -0.1) is 0 Å². The maximum atomic E-state index is 13.9. The predicted molar refractivity (Wildman–Crippen MR) is 154 cm³/mol. The van der Waals surface area contributed by atoms with Crippen molar-refractivity contribution < 1.29 is 17.9 Å². The second kappa shape index (κ2) is 11.1. The van der Waals surface area contributed by atoms with E-state index in [1.54, 1.807) is 23.2 Å². The molecule has 1 fully saturated rings. The molecular formula is C29H32N4O4S2. The molecule has 1 amide bonds. The Hall–Kier alpha value is -3.18. The van der Waals surface area contributed by atoms with E-state index in [1.807, 2.05) is 44.2 Å². The predicted octanol–water partition coefficient (Wildman–Crippen LogP) is 5.46. The smallest absolute Gasteiger partial charge is 0.260 e. The van der Waals surface area contributed by atoms with E-state index in [4.69, 9.17) is 9.72 Å². The summed E-state index contributed by atoms with van der Waals surface area (Å²) >= 11 is 1.46. The maximum absolute atomic E-state index is 13.9. The van der Waals surface area contributed by atoms with Gasteiger partial charge in [0.05, 0.1) is 39.6 Å². The first-order valence-electron chi connectivity index (χ1n) is 13.0. The van der Waals surface area contributed by atoms with E-state index >= 15 is 0 Å². The minimum absolute atomic E-state index is 0.151. The lowest BCUT2D eigenvalue weighted by Crippen LogP contribution is -2.48. The van der Waals surface area contributed by atoms with Crippen LogP contribution in [0.3, 0.4) is 0 Å². The summed E-state index contributed by atoms with van der Waals surface area (Å²) in [6.07, 6.45) is 1.32. The summed E-state index contributed by atoms with van der Waals surface area (Å²) in [5.41, 5.74) is 3.11. The molecule has 0 saturated carbocycles. The van der Waals surface area contributed by atoms with Crippen LogP contribution in [0.2, 0.25) is 0 Å². The monoisotopic (exact) mass is 564 g/mol. The largest absolute Gasteiger partial charge is 0.373 e. The highest BCUT2D eigenvalue weighted by atomic mass is 32.2. The van der Waals surface area contributed by atoms with E-state index in [1.165, 1.54) is 27.8 Å². The molecule has 39 heavy (non-hydrogen) atoms. The molecule has 204 valence electrons. The molecule has 10 heteroatoms. The van der Waals surface area contributed by atoms with Crippen LogP contribution in [0.1, 0.15) is 55.2 Å². The van der Waals surface area contributed by atoms with Crippen molar-refractivity contribution in [3.63, 3.8) is 0 Å².